The average molecular weight is 653 g/mol. The van der Waals surface area contributed by atoms with E-state index in [1.54, 1.807) is 12.1 Å². The molecule has 2 aromatic carbocycles. The van der Waals surface area contributed by atoms with Crippen LogP contribution in [0.1, 0.15) is 45.1 Å². The highest BCUT2D eigenvalue weighted by atomic mass is 19.1. The Balaban J connectivity index is 1.26. The van der Waals surface area contributed by atoms with Crippen molar-refractivity contribution in [2.75, 3.05) is 31.1 Å². The molecule has 0 aliphatic carbocycles. The normalized spacial score (nSPS) is 25.8. The molecule has 11 heteroatoms. The van der Waals surface area contributed by atoms with Crippen LogP contribution < -0.4 is 19.7 Å². The number of phenols is 1. The van der Waals surface area contributed by atoms with E-state index in [-0.39, 0.29) is 64.2 Å². The summed E-state index contributed by atoms with van der Waals surface area (Å²) >= 11 is 0. The van der Waals surface area contributed by atoms with E-state index in [0.717, 1.165) is 49.9 Å². The van der Waals surface area contributed by atoms with Gasteiger partial charge in [0.05, 0.1) is 11.6 Å². The maximum absolute atomic E-state index is 17.2. The number of aryl methyl sites for hydroxylation is 1. The summed E-state index contributed by atoms with van der Waals surface area (Å²) in [7, 11) is 0. The number of aromatic nitrogens is 3. The van der Waals surface area contributed by atoms with Crippen LogP contribution in [-0.2, 0) is 6.42 Å². The van der Waals surface area contributed by atoms with Crippen LogP contribution in [0.25, 0.3) is 32.9 Å². The molecule has 5 aliphatic rings. The van der Waals surface area contributed by atoms with Crippen LogP contribution in [-0.4, -0.2) is 81.0 Å². The molecule has 48 heavy (non-hydrogen) atoms. The van der Waals surface area contributed by atoms with Gasteiger partial charge in [-0.25, -0.2) is 13.8 Å². The highest BCUT2D eigenvalue weighted by Gasteiger charge is 2.49. The summed E-state index contributed by atoms with van der Waals surface area (Å²) in [5, 5.41) is 15.9. The van der Waals surface area contributed by atoms with E-state index in [1.807, 2.05) is 13.8 Å². The lowest BCUT2D eigenvalue weighted by Crippen LogP contribution is -2.62. The Labute approximate surface area is 277 Å². The second-order valence-corrected chi connectivity index (χ2v) is 14.3. The second-order valence-electron chi connectivity index (χ2n) is 14.3. The molecular formula is C37H38F2N6O3. The highest BCUT2D eigenvalue weighted by Crippen LogP contribution is 2.47. The maximum atomic E-state index is 17.2. The number of aromatic hydroxyl groups is 1. The smallest absolute Gasteiger partial charge is 0.319 e. The third-order valence-corrected chi connectivity index (χ3v) is 11.1. The van der Waals surface area contributed by atoms with Gasteiger partial charge in [-0.2, -0.15) is 9.97 Å². The number of hydrogen-bond donors (Lipinski definition) is 2. The molecule has 9 nitrogen and oxygen atoms in total. The number of piperazine rings is 1. The monoisotopic (exact) mass is 652 g/mol. The number of ether oxygens (including phenoxy) is 2. The molecule has 2 aromatic heterocycles. The van der Waals surface area contributed by atoms with Crippen molar-refractivity contribution in [3.8, 4) is 28.9 Å². The first-order valence-corrected chi connectivity index (χ1v) is 16.9. The summed E-state index contributed by atoms with van der Waals surface area (Å²) in [6.07, 6.45) is 3.65. The number of nitrogens with one attached hydrogen (secondary N) is 1. The molecule has 248 valence electrons. The number of phenolic OH excluding ortho intramolecular Hbond substituents is 1. The van der Waals surface area contributed by atoms with E-state index in [2.05, 4.69) is 28.3 Å². The molecule has 2 N–H and O–H groups in total. The summed E-state index contributed by atoms with van der Waals surface area (Å²) in [5.74, 6) is -0.456. The minimum absolute atomic E-state index is 0.0145. The second kappa shape index (κ2) is 10.6. The topological polar surface area (TPSA) is 95.9 Å². The summed E-state index contributed by atoms with van der Waals surface area (Å²) in [5.41, 5.74) is 2.62. The minimum Gasteiger partial charge on any atom is -0.508 e. The van der Waals surface area contributed by atoms with Crippen LogP contribution in [0.4, 0.5) is 14.6 Å². The molecular weight excluding hydrogens is 614 g/mol. The first-order valence-electron chi connectivity index (χ1n) is 16.9. The van der Waals surface area contributed by atoms with Crippen LogP contribution in [0.5, 0.6) is 17.6 Å². The zero-order valence-corrected chi connectivity index (χ0v) is 27.2. The number of fused-ring (bicyclic) bond motifs is 7. The predicted octanol–water partition coefficient (Wildman–Crippen LogP) is 5.82. The number of benzene rings is 2. The fourth-order valence-electron chi connectivity index (χ4n) is 9.22. The zero-order valence-electron chi connectivity index (χ0n) is 27.2. The molecule has 7 heterocycles. The van der Waals surface area contributed by atoms with Gasteiger partial charge in [0.1, 0.15) is 46.7 Å². The molecule has 0 amide bonds. The Morgan fingerprint density at radius 1 is 1.08 bits per heavy atom. The number of nitrogens with zero attached hydrogens (tertiary/aromatic N) is 5. The van der Waals surface area contributed by atoms with Gasteiger partial charge in [-0.3, -0.25) is 4.90 Å². The Hall–Kier alpha value is -4.35. The van der Waals surface area contributed by atoms with Crippen molar-refractivity contribution in [1.29, 1.82) is 0 Å². The van der Waals surface area contributed by atoms with Gasteiger partial charge in [-0.05, 0) is 73.6 Å². The lowest BCUT2D eigenvalue weighted by Gasteiger charge is -2.42. The van der Waals surface area contributed by atoms with Gasteiger partial charge < -0.3 is 24.8 Å². The molecule has 2 bridgehead atoms. The first kappa shape index (κ1) is 29.8. The Bertz CT molecular complexity index is 2050. The molecule has 0 spiro atoms. The molecule has 4 aromatic rings. The van der Waals surface area contributed by atoms with Crippen LogP contribution in [0.2, 0.25) is 0 Å². The van der Waals surface area contributed by atoms with Crippen molar-refractivity contribution in [2.45, 2.75) is 75.7 Å². The molecule has 4 unspecified atom stereocenters. The van der Waals surface area contributed by atoms with E-state index in [9.17, 15) is 5.11 Å². The van der Waals surface area contributed by atoms with Crippen LogP contribution in [0.15, 0.2) is 48.6 Å². The van der Waals surface area contributed by atoms with Gasteiger partial charge >= 0.3 is 6.01 Å². The molecule has 0 saturated carbocycles. The predicted molar refractivity (Wildman–Crippen MR) is 180 cm³/mol. The SMILES string of the molecule is C=C1CN2CC(=C)CC2(COc2nc3c4c(nc(-c5cc(O)cc6ccc(F)c(CC)c56)c(F)c4n2)OC(C)C2C4CCC(CN32)N4)C1. The van der Waals surface area contributed by atoms with Crippen LogP contribution in [0.3, 0.4) is 0 Å². The number of rotatable bonds is 5. The number of pyridine rings is 1. The third kappa shape index (κ3) is 4.36. The molecule has 9 rings (SSSR count). The molecule has 0 radical (unpaired) electrons. The van der Waals surface area contributed by atoms with Crippen molar-refractivity contribution >= 4 is 27.5 Å². The quantitative estimate of drug-likeness (QED) is 0.259. The number of halogens is 2. The Morgan fingerprint density at radius 2 is 1.88 bits per heavy atom. The maximum Gasteiger partial charge on any atom is 0.319 e. The van der Waals surface area contributed by atoms with Crippen molar-refractivity contribution in [1.82, 2.24) is 25.2 Å². The van der Waals surface area contributed by atoms with Gasteiger partial charge in [0.2, 0.25) is 5.88 Å². The van der Waals surface area contributed by atoms with E-state index < -0.39 is 11.6 Å². The van der Waals surface area contributed by atoms with Crippen molar-refractivity contribution < 1.29 is 23.4 Å². The van der Waals surface area contributed by atoms with Crippen LogP contribution >= 0.6 is 0 Å². The van der Waals surface area contributed by atoms with Crippen LogP contribution in [0, 0.1) is 11.6 Å². The number of hydrogen-bond acceptors (Lipinski definition) is 9. The fourth-order valence-corrected chi connectivity index (χ4v) is 9.22. The largest absolute Gasteiger partial charge is 0.508 e. The van der Waals surface area contributed by atoms with Gasteiger partial charge in [0.15, 0.2) is 5.82 Å². The summed E-state index contributed by atoms with van der Waals surface area (Å²) in [4.78, 5) is 19.1. The van der Waals surface area contributed by atoms with E-state index >= 15 is 8.78 Å². The lowest BCUT2D eigenvalue weighted by molar-refractivity contribution is 0.108. The summed E-state index contributed by atoms with van der Waals surface area (Å²) in [6.45, 7) is 14.9. The van der Waals surface area contributed by atoms with E-state index in [0.29, 0.717) is 47.1 Å². The molecule has 4 fully saturated rings. The highest BCUT2D eigenvalue weighted by molar-refractivity contribution is 6.03. The molecule has 4 atom stereocenters. The zero-order chi connectivity index (χ0) is 33.1. The summed E-state index contributed by atoms with van der Waals surface area (Å²) in [6, 6.07) is 6.37. The van der Waals surface area contributed by atoms with Gasteiger partial charge in [0, 0.05) is 37.3 Å². The third-order valence-electron chi connectivity index (χ3n) is 11.1. The number of anilines is 1. The standard InChI is InChI=1S/C37H38F2N6O3/c1-5-24-26(38)8-6-21-10-23(46)11-25(28(21)24)31-30(39)32-29-34(45-16-22-7-9-27(40-22)33(45)20(4)48-35(29)41-31)43-36(42-32)47-17-37-12-18(2)14-44(37)15-19(3)13-37/h6,8,10-11,20,22,27,33,40,46H,2-3,5,7,9,12-17H2,1,4H3. The Morgan fingerprint density at radius 3 is 2.65 bits per heavy atom. The van der Waals surface area contributed by atoms with Crippen molar-refractivity contribution in [2.24, 2.45) is 0 Å². The summed E-state index contributed by atoms with van der Waals surface area (Å²) < 4.78 is 45.5. The van der Waals surface area contributed by atoms with Gasteiger partial charge in [-0.15, -0.1) is 0 Å². The van der Waals surface area contributed by atoms with Gasteiger partial charge in [0.25, 0.3) is 0 Å². The van der Waals surface area contributed by atoms with Crippen molar-refractivity contribution in [3.63, 3.8) is 0 Å². The minimum atomic E-state index is -0.712. The lowest BCUT2D eigenvalue weighted by atomic mass is 9.92. The Kier molecular flexibility index (Phi) is 6.56. The van der Waals surface area contributed by atoms with E-state index in [1.165, 1.54) is 12.1 Å². The fraction of sp³-hybridized carbons (Fsp3) is 0.432. The van der Waals surface area contributed by atoms with Gasteiger partial charge in [-0.1, -0.05) is 37.3 Å². The molecule has 4 saturated heterocycles. The first-order chi connectivity index (χ1) is 23.1. The van der Waals surface area contributed by atoms with E-state index in [4.69, 9.17) is 24.4 Å². The molecule has 5 aliphatic heterocycles. The van der Waals surface area contributed by atoms with Crippen molar-refractivity contribution in [3.05, 3.63) is 65.8 Å². The average Bonchev–Trinajstić information content (AvgIpc) is 3.65.